The molecule has 3 aromatic carbocycles. The fourth-order valence-corrected chi connectivity index (χ4v) is 5.46. The number of halogens is 1. The average Bonchev–Trinajstić information content (AvgIpc) is 2.86. The Kier molecular flexibility index (Phi) is 9.46. The number of rotatable bonds is 9. The van der Waals surface area contributed by atoms with Crippen molar-refractivity contribution in [2.75, 3.05) is 10.8 Å². The van der Waals surface area contributed by atoms with Crippen LogP contribution in [0, 0.1) is 13.8 Å². The molecule has 0 aliphatic heterocycles. The molecule has 0 spiro atoms. The van der Waals surface area contributed by atoms with Crippen LogP contribution in [0.5, 0.6) is 0 Å². The molecule has 0 aliphatic rings. The maximum absolute atomic E-state index is 13.9. The van der Waals surface area contributed by atoms with Crippen molar-refractivity contribution < 1.29 is 18.0 Å². The zero-order valence-electron chi connectivity index (χ0n) is 23.2. The average molecular weight is 570 g/mol. The molecular weight excluding hydrogens is 534 g/mol. The molecule has 0 heterocycles. The molecule has 9 heteroatoms. The van der Waals surface area contributed by atoms with Crippen molar-refractivity contribution in [2.24, 2.45) is 0 Å². The number of hydrogen-bond acceptors (Lipinski definition) is 4. The highest BCUT2D eigenvalue weighted by atomic mass is 35.5. The van der Waals surface area contributed by atoms with Gasteiger partial charge in [-0.2, -0.15) is 0 Å². The van der Waals surface area contributed by atoms with Crippen molar-refractivity contribution in [3.05, 3.63) is 94.5 Å². The van der Waals surface area contributed by atoms with E-state index in [0.29, 0.717) is 5.02 Å². The number of nitrogens with zero attached hydrogens (tertiary/aromatic N) is 2. The fraction of sp³-hybridized carbons (Fsp3) is 0.333. The Morgan fingerprint density at radius 1 is 0.872 bits per heavy atom. The molecule has 2 amide bonds. The van der Waals surface area contributed by atoms with Crippen LogP contribution in [0.2, 0.25) is 5.02 Å². The van der Waals surface area contributed by atoms with Crippen molar-refractivity contribution >= 4 is 39.1 Å². The lowest BCUT2D eigenvalue weighted by Gasteiger charge is -2.33. The van der Waals surface area contributed by atoms with Gasteiger partial charge in [-0.25, -0.2) is 8.42 Å². The highest BCUT2D eigenvalue weighted by Crippen LogP contribution is 2.26. The van der Waals surface area contributed by atoms with Crippen molar-refractivity contribution in [3.8, 4) is 0 Å². The predicted molar refractivity (Wildman–Crippen MR) is 156 cm³/mol. The van der Waals surface area contributed by atoms with Crippen LogP contribution >= 0.6 is 11.6 Å². The van der Waals surface area contributed by atoms with Gasteiger partial charge in [0.25, 0.3) is 10.0 Å². The Labute approximate surface area is 236 Å². The molecule has 39 heavy (non-hydrogen) atoms. The summed E-state index contributed by atoms with van der Waals surface area (Å²) in [6.45, 7) is 10.7. The number of nitrogens with one attached hydrogen (secondary N) is 1. The van der Waals surface area contributed by atoms with Crippen LogP contribution < -0.4 is 9.62 Å². The van der Waals surface area contributed by atoms with Gasteiger partial charge in [0, 0.05) is 17.1 Å². The predicted octanol–water partition coefficient (Wildman–Crippen LogP) is 5.48. The van der Waals surface area contributed by atoms with Gasteiger partial charge >= 0.3 is 0 Å². The van der Waals surface area contributed by atoms with Crippen LogP contribution in [0.3, 0.4) is 0 Å². The zero-order chi connectivity index (χ0) is 29.0. The number of sulfonamides is 1. The first-order chi connectivity index (χ1) is 18.2. The Hall–Kier alpha value is -3.36. The molecule has 0 radical (unpaired) electrons. The summed E-state index contributed by atoms with van der Waals surface area (Å²) >= 11 is 6.06. The topological polar surface area (TPSA) is 86.8 Å². The summed E-state index contributed by atoms with van der Waals surface area (Å²) in [7, 11) is -4.12. The largest absolute Gasteiger partial charge is 0.350 e. The Morgan fingerprint density at radius 3 is 1.90 bits per heavy atom. The van der Waals surface area contributed by atoms with Gasteiger partial charge in [0.15, 0.2) is 0 Å². The molecule has 7 nitrogen and oxygen atoms in total. The third-order valence-electron chi connectivity index (χ3n) is 6.14. The third-order valence-corrected chi connectivity index (χ3v) is 8.18. The molecule has 0 unspecified atom stereocenters. The zero-order valence-corrected chi connectivity index (χ0v) is 24.8. The van der Waals surface area contributed by atoms with E-state index < -0.39 is 34.1 Å². The molecule has 0 saturated heterocycles. The number of amides is 2. The first-order valence-electron chi connectivity index (χ1n) is 12.7. The molecule has 1 atom stereocenters. The van der Waals surface area contributed by atoms with E-state index in [0.717, 1.165) is 21.0 Å². The van der Waals surface area contributed by atoms with Gasteiger partial charge in [0.1, 0.15) is 12.6 Å². The normalized spacial score (nSPS) is 12.5. The molecule has 0 fully saturated rings. The summed E-state index contributed by atoms with van der Waals surface area (Å²) < 4.78 is 28.7. The number of anilines is 1. The van der Waals surface area contributed by atoms with Gasteiger partial charge in [0.2, 0.25) is 11.8 Å². The van der Waals surface area contributed by atoms with E-state index >= 15 is 0 Å². The van der Waals surface area contributed by atoms with Gasteiger partial charge in [0.05, 0.1) is 10.6 Å². The summed E-state index contributed by atoms with van der Waals surface area (Å²) in [4.78, 5) is 28.5. The molecule has 3 aromatic rings. The van der Waals surface area contributed by atoms with Gasteiger partial charge in [-0.1, -0.05) is 59.1 Å². The van der Waals surface area contributed by atoms with Gasteiger partial charge in [-0.3, -0.25) is 13.9 Å². The van der Waals surface area contributed by atoms with Crippen LogP contribution in [0.15, 0.2) is 77.7 Å². The van der Waals surface area contributed by atoms with E-state index in [1.165, 1.54) is 17.0 Å². The lowest BCUT2D eigenvalue weighted by Crippen LogP contribution is -2.54. The third kappa shape index (κ3) is 8.07. The maximum Gasteiger partial charge on any atom is 0.264 e. The smallest absolute Gasteiger partial charge is 0.264 e. The lowest BCUT2D eigenvalue weighted by atomic mass is 10.1. The van der Waals surface area contributed by atoms with E-state index in [4.69, 9.17) is 11.6 Å². The highest BCUT2D eigenvalue weighted by molar-refractivity contribution is 7.92. The van der Waals surface area contributed by atoms with E-state index in [9.17, 15) is 18.0 Å². The van der Waals surface area contributed by atoms with E-state index in [1.54, 1.807) is 43.3 Å². The molecule has 3 rings (SSSR count). The second-order valence-corrected chi connectivity index (χ2v) is 13.0. The first kappa shape index (κ1) is 30.2. The molecule has 1 N–H and O–H groups in total. The summed E-state index contributed by atoms with van der Waals surface area (Å²) in [6.07, 6.45) is 0. The summed E-state index contributed by atoms with van der Waals surface area (Å²) in [5.41, 5.74) is 2.58. The fourth-order valence-electron chi connectivity index (χ4n) is 3.92. The number of carbonyl (C=O) groups is 2. The Morgan fingerprint density at radius 2 is 1.38 bits per heavy atom. The maximum atomic E-state index is 13.9. The molecule has 0 aromatic heterocycles. The number of hydrogen-bond donors (Lipinski definition) is 1. The summed E-state index contributed by atoms with van der Waals surface area (Å²) in [6, 6.07) is 19.5. The van der Waals surface area contributed by atoms with Gasteiger partial charge in [-0.05, 0) is 83.5 Å². The SMILES string of the molecule is Cc1ccc(CN(C(=O)CN(c2ccc(Cl)cc2)S(=O)(=O)c2ccc(C)cc2)[C@H](C)C(=O)NC(C)(C)C)cc1. The van der Waals surface area contributed by atoms with E-state index in [-0.39, 0.29) is 23.0 Å². The second-order valence-electron chi connectivity index (χ2n) is 10.7. The van der Waals surface area contributed by atoms with Crippen LogP contribution in [0.4, 0.5) is 5.69 Å². The van der Waals surface area contributed by atoms with Crippen LogP contribution in [-0.2, 0) is 26.2 Å². The number of benzene rings is 3. The highest BCUT2D eigenvalue weighted by Gasteiger charge is 2.33. The molecule has 0 saturated carbocycles. The van der Waals surface area contributed by atoms with Gasteiger partial charge in [-0.15, -0.1) is 0 Å². The molecule has 0 aliphatic carbocycles. The van der Waals surface area contributed by atoms with Crippen LogP contribution in [0.1, 0.15) is 44.4 Å². The van der Waals surface area contributed by atoms with E-state index in [2.05, 4.69) is 5.32 Å². The Bertz CT molecular complexity index is 1400. The van der Waals surface area contributed by atoms with Crippen LogP contribution in [-0.4, -0.2) is 43.3 Å². The lowest BCUT2D eigenvalue weighted by molar-refractivity contribution is -0.140. The van der Waals surface area contributed by atoms with E-state index in [1.807, 2.05) is 58.9 Å². The summed E-state index contributed by atoms with van der Waals surface area (Å²) in [5.74, 6) is -0.847. The monoisotopic (exact) mass is 569 g/mol. The summed E-state index contributed by atoms with van der Waals surface area (Å²) in [5, 5.41) is 3.36. The first-order valence-corrected chi connectivity index (χ1v) is 14.5. The van der Waals surface area contributed by atoms with Gasteiger partial charge < -0.3 is 10.2 Å². The van der Waals surface area contributed by atoms with Crippen molar-refractivity contribution in [1.82, 2.24) is 10.2 Å². The minimum Gasteiger partial charge on any atom is -0.350 e. The molecule has 0 bridgehead atoms. The number of aryl methyl sites for hydroxylation is 2. The van der Waals surface area contributed by atoms with Crippen molar-refractivity contribution in [3.63, 3.8) is 0 Å². The standard InChI is InChI=1S/C30H36ClN3O4S/c1-21-7-11-24(12-8-21)19-33(23(3)29(36)32-30(4,5)6)28(35)20-34(26-15-13-25(31)14-16-26)39(37,38)27-17-9-22(2)10-18-27/h7-18,23H,19-20H2,1-6H3,(H,32,36)/t23-/m1/s1. The number of carbonyl (C=O) groups excluding carboxylic acids is 2. The van der Waals surface area contributed by atoms with Crippen molar-refractivity contribution in [1.29, 1.82) is 0 Å². The molecular formula is C30H36ClN3O4S. The Balaban J connectivity index is 2.02. The molecule has 208 valence electrons. The second kappa shape index (κ2) is 12.2. The van der Waals surface area contributed by atoms with Crippen molar-refractivity contribution in [2.45, 2.75) is 64.6 Å². The van der Waals surface area contributed by atoms with Crippen LogP contribution in [0.25, 0.3) is 0 Å². The minimum atomic E-state index is -4.12. The minimum absolute atomic E-state index is 0.0551. The quantitative estimate of drug-likeness (QED) is 0.369.